The van der Waals surface area contributed by atoms with E-state index in [9.17, 15) is 18.8 Å². The fourth-order valence-electron chi connectivity index (χ4n) is 6.90. The molecule has 1 N–H and O–H groups in total. The first-order valence-electron chi connectivity index (χ1n) is 13.0. The molecule has 6 rings (SSSR count). The Morgan fingerprint density at radius 2 is 1.89 bits per heavy atom. The number of carbonyl (C=O) groups excluding carboxylic acids is 3. The van der Waals surface area contributed by atoms with E-state index in [4.69, 9.17) is 0 Å². The lowest BCUT2D eigenvalue weighted by Crippen LogP contribution is -2.57. The van der Waals surface area contributed by atoms with Crippen molar-refractivity contribution in [3.63, 3.8) is 0 Å². The van der Waals surface area contributed by atoms with E-state index < -0.39 is 11.5 Å². The lowest BCUT2D eigenvalue weighted by atomic mass is 9.78. The molecule has 4 heterocycles. The van der Waals surface area contributed by atoms with Crippen molar-refractivity contribution in [1.82, 2.24) is 15.1 Å². The molecule has 36 heavy (non-hydrogen) atoms. The van der Waals surface area contributed by atoms with Crippen molar-refractivity contribution in [3.05, 3.63) is 65.5 Å². The molecule has 0 aromatic heterocycles. The molecule has 2 bridgehead atoms. The fraction of sp³-hybridized carbons (Fsp3) is 0.464. The molecular formula is C28H31FN4O3. The van der Waals surface area contributed by atoms with Gasteiger partial charge in [0, 0.05) is 43.5 Å². The van der Waals surface area contributed by atoms with Gasteiger partial charge in [-0.1, -0.05) is 30.3 Å². The van der Waals surface area contributed by atoms with Gasteiger partial charge in [-0.2, -0.15) is 0 Å². The molecule has 7 nitrogen and oxygen atoms in total. The van der Waals surface area contributed by atoms with Crippen molar-refractivity contribution >= 4 is 23.4 Å². The van der Waals surface area contributed by atoms with E-state index in [1.54, 1.807) is 21.9 Å². The monoisotopic (exact) mass is 490 g/mol. The van der Waals surface area contributed by atoms with E-state index in [1.165, 1.54) is 12.1 Å². The summed E-state index contributed by atoms with van der Waals surface area (Å²) in [5.74, 6) is -1.03. The van der Waals surface area contributed by atoms with Crippen LogP contribution >= 0.6 is 0 Å². The summed E-state index contributed by atoms with van der Waals surface area (Å²) in [4.78, 5) is 46.9. The van der Waals surface area contributed by atoms with Gasteiger partial charge in [0.2, 0.25) is 11.8 Å². The Morgan fingerprint density at radius 1 is 1.03 bits per heavy atom. The van der Waals surface area contributed by atoms with Crippen LogP contribution in [0.4, 0.5) is 10.1 Å². The number of hydrogen-bond acceptors (Lipinski definition) is 4. The van der Waals surface area contributed by atoms with E-state index in [0.29, 0.717) is 44.6 Å². The average molecular weight is 491 g/mol. The minimum absolute atomic E-state index is 0.0497. The largest absolute Gasteiger partial charge is 0.356 e. The molecule has 0 aliphatic carbocycles. The lowest BCUT2D eigenvalue weighted by Gasteiger charge is -2.38. The van der Waals surface area contributed by atoms with Crippen molar-refractivity contribution in [2.75, 3.05) is 37.6 Å². The number of hydrogen-bond donors (Lipinski definition) is 1. The SMILES string of the molecule is O=C1NCCCN(C(=O)Cc2cccc(F)c2)CCN2C(=O)[C@@]3(c4ccccc42)[C@H]1C[C@@H]1CCCN13. The molecule has 3 saturated heterocycles. The Labute approximate surface area is 210 Å². The standard InChI is InChI=1S/C28H31FN4O3/c29-20-7-3-6-19(16-20)17-25(34)31-12-5-11-30-26(35)23-18-21-8-4-13-33(21)28(23)22-9-1-2-10-24(22)32(15-14-31)27(28)36/h1-3,6-7,9-10,16,21,23H,4-5,8,11-15,17-18H2,(H,30,35)/t21-,23-,28+/m0/s1. The molecule has 0 saturated carbocycles. The highest BCUT2D eigenvalue weighted by atomic mass is 19.1. The molecule has 8 heteroatoms. The van der Waals surface area contributed by atoms with Crippen molar-refractivity contribution in [2.24, 2.45) is 5.92 Å². The summed E-state index contributed by atoms with van der Waals surface area (Å²) in [5.41, 5.74) is 1.40. The van der Waals surface area contributed by atoms with Crippen LogP contribution in [0.15, 0.2) is 48.5 Å². The molecule has 2 aromatic carbocycles. The summed E-state index contributed by atoms with van der Waals surface area (Å²) >= 11 is 0. The Hall–Kier alpha value is -3.26. The van der Waals surface area contributed by atoms with Crippen LogP contribution < -0.4 is 10.2 Å². The van der Waals surface area contributed by atoms with Gasteiger partial charge in [0.05, 0.1) is 12.3 Å². The summed E-state index contributed by atoms with van der Waals surface area (Å²) in [7, 11) is 0. The van der Waals surface area contributed by atoms with Crippen LogP contribution in [0.5, 0.6) is 0 Å². The zero-order valence-electron chi connectivity index (χ0n) is 20.3. The number of rotatable bonds is 2. The summed E-state index contributed by atoms with van der Waals surface area (Å²) < 4.78 is 13.7. The number of fused-ring (bicyclic) bond motifs is 4. The smallest absolute Gasteiger partial charge is 0.253 e. The predicted molar refractivity (Wildman–Crippen MR) is 133 cm³/mol. The number of carbonyl (C=O) groups is 3. The molecule has 0 unspecified atom stereocenters. The van der Waals surface area contributed by atoms with E-state index >= 15 is 0 Å². The summed E-state index contributed by atoms with van der Waals surface area (Å²) in [5, 5.41) is 3.08. The van der Waals surface area contributed by atoms with Gasteiger partial charge < -0.3 is 15.1 Å². The molecule has 1 spiro atoms. The van der Waals surface area contributed by atoms with Crippen LogP contribution in [0, 0.1) is 11.7 Å². The third-order valence-electron chi connectivity index (χ3n) is 8.43. The molecule has 3 fully saturated rings. The Kier molecular flexibility index (Phi) is 5.79. The number of para-hydroxylation sites is 1. The number of halogens is 1. The van der Waals surface area contributed by atoms with Crippen molar-refractivity contribution in [1.29, 1.82) is 0 Å². The van der Waals surface area contributed by atoms with Crippen molar-refractivity contribution in [3.8, 4) is 0 Å². The van der Waals surface area contributed by atoms with Crippen molar-refractivity contribution < 1.29 is 18.8 Å². The van der Waals surface area contributed by atoms with Gasteiger partial charge in [-0.05, 0) is 56.0 Å². The van der Waals surface area contributed by atoms with Crippen LogP contribution in [0.1, 0.15) is 36.8 Å². The number of benzene rings is 2. The first-order chi connectivity index (χ1) is 17.5. The Balaban J connectivity index is 1.34. The number of nitrogens with zero attached hydrogens (tertiary/aromatic N) is 3. The fourth-order valence-corrected chi connectivity index (χ4v) is 6.90. The maximum Gasteiger partial charge on any atom is 0.253 e. The number of nitrogens with one attached hydrogen (secondary N) is 1. The maximum absolute atomic E-state index is 14.3. The highest BCUT2D eigenvalue weighted by Gasteiger charge is 2.67. The molecule has 0 radical (unpaired) electrons. The minimum Gasteiger partial charge on any atom is -0.356 e. The molecular weight excluding hydrogens is 459 g/mol. The summed E-state index contributed by atoms with van der Waals surface area (Å²) in [6.07, 6.45) is 3.43. The second-order valence-corrected chi connectivity index (χ2v) is 10.4. The molecule has 4 aliphatic rings. The second kappa shape index (κ2) is 9.00. The summed E-state index contributed by atoms with van der Waals surface area (Å²) in [6.45, 7) is 2.45. The molecule has 188 valence electrons. The summed E-state index contributed by atoms with van der Waals surface area (Å²) in [6, 6.07) is 14.1. The van der Waals surface area contributed by atoms with E-state index in [2.05, 4.69) is 10.2 Å². The minimum atomic E-state index is -0.975. The topological polar surface area (TPSA) is 73.0 Å². The zero-order valence-corrected chi connectivity index (χ0v) is 20.3. The normalized spacial score (nSPS) is 28.1. The molecule has 4 aliphatic heterocycles. The predicted octanol–water partition coefficient (Wildman–Crippen LogP) is 2.44. The van der Waals surface area contributed by atoms with Gasteiger partial charge in [-0.25, -0.2) is 4.39 Å². The van der Waals surface area contributed by atoms with Gasteiger partial charge in [-0.15, -0.1) is 0 Å². The molecule has 3 atom stereocenters. The van der Waals surface area contributed by atoms with Crippen LogP contribution in [0.25, 0.3) is 0 Å². The van der Waals surface area contributed by atoms with Crippen LogP contribution in [0.2, 0.25) is 0 Å². The zero-order chi connectivity index (χ0) is 24.9. The van der Waals surface area contributed by atoms with Gasteiger partial charge in [0.15, 0.2) is 0 Å². The molecule has 2 aromatic rings. The van der Waals surface area contributed by atoms with Gasteiger partial charge in [0.1, 0.15) is 11.4 Å². The van der Waals surface area contributed by atoms with Crippen LogP contribution in [0.3, 0.4) is 0 Å². The third kappa shape index (κ3) is 3.53. The van der Waals surface area contributed by atoms with Gasteiger partial charge in [-0.3, -0.25) is 19.3 Å². The first-order valence-corrected chi connectivity index (χ1v) is 13.0. The average Bonchev–Trinajstić information content (AvgIpc) is 3.51. The van der Waals surface area contributed by atoms with Crippen LogP contribution in [-0.4, -0.2) is 66.3 Å². The van der Waals surface area contributed by atoms with Crippen molar-refractivity contribution in [2.45, 2.75) is 43.7 Å². The van der Waals surface area contributed by atoms with E-state index in [-0.39, 0.29) is 36.0 Å². The quantitative estimate of drug-likeness (QED) is 0.702. The lowest BCUT2D eigenvalue weighted by molar-refractivity contribution is -0.139. The highest BCUT2D eigenvalue weighted by Crippen LogP contribution is 2.56. The number of anilines is 1. The first kappa shape index (κ1) is 23.2. The highest BCUT2D eigenvalue weighted by molar-refractivity contribution is 6.11. The third-order valence-corrected chi connectivity index (χ3v) is 8.43. The van der Waals surface area contributed by atoms with E-state index in [1.807, 2.05) is 24.3 Å². The Bertz CT molecular complexity index is 1220. The Morgan fingerprint density at radius 3 is 2.75 bits per heavy atom. The second-order valence-electron chi connectivity index (χ2n) is 10.4. The van der Waals surface area contributed by atoms with Gasteiger partial charge >= 0.3 is 0 Å². The van der Waals surface area contributed by atoms with E-state index in [0.717, 1.165) is 30.6 Å². The number of amides is 3. The maximum atomic E-state index is 14.3. The van der Waals surface area contributed by atoms with Gasteiger partial charge in [0.25, 0.3) is 5.91 Å². The molecule has 3 amide bonds. The van der Waals surface area contributed by atoms with Crippen LogP contribution in [-0.2, 0) is 26.3 Å².